The van der Waals surface area contributed by atoms with Crippen LogP contribution in [0.3, 0.4) is 0 Å². The molecule has 2 heteroatoms. The molecule has 1 aliphatic carbocycles. The largest absolute Gasteiger partial charge is 0.329 e. The van der Waals surface area contributed by atoms with E-state index in [4.69, 9.17) is 5.73 Å². The fourth-order valence-corrected chi connectivity index (χ4v) is 4.34. The van der Waals surface area contributed by atoms with E-state index >= 15 is 0 Å². The molecule has 1 heterocycles. The van der Waals surface area contributed by atoms with E-state index in [1.165, 1.54) is 51.5 Å². The van der Waals surface area contributed by atoms with Crippen LogP contribution in [0.5, 0.6) is 0 Å². The van der Waals surface area contributed by atoms with E-state index in [-0.39, 0.29) is 0 Å². The van der Waals surface area contributed by atoms with Crippen LogP contribution in [0.25, 0.3) is 0 Å². The van der Waals surface area contributed by atoms with Gasteiger partial charge in [0, 0.05) is 17.6 Å². The third-order valence-corrected chi connectivity index (χ3v) is 5.35. The molecular weight excluding hydrogens is 208 g/mol. The summed E-state index contributed by atoms with van der Waals surface area (Å²) in [5, 5.41) is 0. The topological polar surface area (TPSA) is 29.3 Å². The van der Waals surface area contributed by atoms with Crippen molar-refractivity contribution >= 4 is 0 Å². The van der Waals surface area contributed by atoms with Crippen LogP contribution in [0.4, 0.5) is 0 Å². The van der Waals surface area contributed by atoms with Gasteiger partial charge in [0.1, 0.15) is 0 Å². The van der Waals surface area contributed by atoms with Crippen molar-refractivity contribution in [2.24, 2.45) is 11.7 Å². The number of hydrogen-bond acceptors (Lipinski definition) is 2. The number of nitrogens with two attached hydrogens (primary N) is 1. The van der Waals surface area contributed by atoms with E-state index in [2.05, 4.69) is 25.7 Å². The third-order valence-electron chi connectivity index (χ3n) is 5.35. The van der Waals surface area contributed by atoms with Crippen LogP contribution in [0, 0.1) is 5.92 Å². The van der Waals surface area contributed by atoms with E-state index < -0.39 is 0 Å². The lowest BCUT2D eigenvalue weighted by atomic mass is 9.72. The summed E-state index contributed by atoms with van der Waals surface area (Å²) < 4.78 is 0. The van der Waals surface area contributed by atoms with Crippen LogP contribution in [-0.4, -0.2) is 29.1 Å². The zero-order valence-corrected chi connectivity index (χ0v) is 12.0. The Hall–Kier alpha value is -0.0800. The normalized spacial score (nSPS) is 38.5. The van der Waals surface area contributed by atoms with E-state index in [9.17, 15) is 0 Å². The molecule has 0 aromatic rings. The fourth-order valence-electron chi connectivity index (χ4n) is 4.34. The molecule has 2 atom stereocenters. The first-order chi connectivity index (χ1) is 8.04. The minimum absolute atomic E-state index is 0.318. The molecule has 0 spiro atoms. The van der Waals surface area contributed by atoms with E-state index in [1.54, 1.807) is 0 Å². The minimum atomic E-state index is 0.318. The molecule has 0 amide bonds. The molecule has 1 aliphatic heterocycles. The van der Waals surface area contributed by atoms with Gasteiger partial charge < -0.3 is 5.73 Å². The Morgan fingerprint density at radius 3 is 2.53 bits per heavy atom. The van der Waals surface area contributed by atoms with Crippen molar-refractivity contribution in [1.29, 1.82) is 0 Å². The summed E-state index contributed by atoms with van der Waals surface area (Å²) in [7, 11) is 0. The minimum Gasteiger partial charge on any atom is -0.329 e. The van der Waals surface area contributed by atoms with Gasteiger partial charge in [0.25, 0.3) is 0 Å². The molecular formula is C15H30N2. The molecule has 2 fully saturated rings. The van der Waals surface area contributed by atoms with Crippen LogP contribution >= 0.6 is 0 Å². The van der Waals surface area contributed by atoms with E-state index in [0.29, 0.717) is 11.1 Å². The van der Waals surface area contributed by atoms with Crippen molar-refractivity contribution in [1.82, 2.24) is 4.90 Å². The molecule has 100 valence electrons. The first kappa shape index (κ1) is 13.4. The van der Waals surface area contributed by atoms with Crippen LogP contribution in [0.1, 0.15) is 65.7 Å². The van der Waals surface area contributed by atoms with Gasteiger partial charge in [-0.15, -0.1) is 0 Å². The number of likely N-dealkylation sites (tertiary alicyclic amines) is 1. The molecule has 2 rings (SSSR count). The molecule has 2 unspecified atom stereocenters. The highest BCUT2D eigenvalue weighted by molar-refractivity contribution is 5.04. The first-order valence-electron chi connectivity index (χ1n) is 7.52. The maximum absolute atomic E-state index is 6.21. The molecule has 0 radical (unpaired) electrons. The Morgan fingerprint density at radius 2 is 2.00 bits per heavy atom. The predicted octanol–water partition coefficient (Wildman–Crippen LogP) is 3.16. The van der Waals surface area contributed by atoms with Crippen molar-refractivity contribution in [3.05, 3.63) is 0 Å². The van der Waals surface area contributed by atoms with Gasteiger partial charge in [-0.05, 0) is 52.0 Å². The Balaban J connectivity index is 2.18. The Labute approximate surface area is 107 Å². The van der Waals surface area contributed by atoms with Gasteiger partial charge in [0.2, 0.25) is 0 Å². The van der Waals surface area contributed by atoms with Crippen molar-refractivity contribution in [2.75, 3.05) is 13.1 Å². The van der Waals surface area contributed by atoms with Crippen LogP contribution in [-0.2, 0) is 0 Å². The molecule has 17 heavy (non-hydrogen) atoms. The fraction of sp³-hybridized carbons (Fsp3) is 1.00. The molecule has 0 bridgehead atoms. The van der Waals surface area contributed by atoms with Gasteiger partial charge in [0.15, 0.2) is 0 Å². The highest BCUT2D eigenvalue weighted by Gasteiger charge is 2.47. The lowest BCUT2D eigenvalue weighted by Gasteiger charge is -2.52. The van der Waals surface area contributed by atoms with Crippen LogP contribution in [0.2, 0.25) is 0 Å². The molecule has 1 saturated carbocycles. The number of nitrogens with zero attached hydrogens (tertiary/aromatic N) is 1. The predicted molar refractivity (Wildman–Crippen MR) is 74.1 cm³/mol. The second-order valence-corrected chi connectivity index (χ2v) is 6.87. The van der Waals surface area contributed by atoms with Crippen molar-refractivity contribution in [3.8, 4) is 0 Å². The van der Waals surface area contributed by atoms with Crippen molar-refractivity contribution in [2.45, 2.75) is 76.8 Å². The number of rotatable bonds is 3. The maximum Gasteiger partial charge on any atom is 0.0339 e. The summed E-state index contributed by atoms with van der Waals surface area (Å²) in [6.07, 6.45) is 9.48. The van der Waals surface area contributed by atoms with Gasteiger partial charge in [-0.2, -0.15) is 0 Å². The van der Waals surface area contributed by atoms with Crippen molar-refractivity contribution in [3.63, 3.8) is 0 Å². The Morgan fingerprint density at radius 1 is 1.24 bits per heavy atom. The Bertz CT molecular complexity index is 262. The first-order valence-corrected chi connectivity index (χ1v) is 7.52. The highest BCUT2D eigenvalue weighted by atomic mass is 15.3. The smallest absolute Gasteiger partial charge is 0.0339 e. The standard InChI is InChI=1S/C15H30N2/c1-4-13-7-5-9-15(11-13,12-16)17-10-6-8-14(17,2)3/h13H,4-12,16H2,1-3H3. The average Bonchev–Trinajstić information content (AvgIpc) is 2.69. The molecule has 2 aliphatic rings. The summed E-state index contributed by atoms with van der Waals surface area (Å²) in [5.41, 5.74) is 6.90. The second kappa shape index (κ2) is 4.89. The van der Waals surface area contributed by atoms with Gasteiger partial charge in [-0.25, -0.2) is 0 Å². The average molecular weight is 238 g/mol. The van der Waals surface area contributed by atoms with Crippen LogP contribution < -0.4 is 5.73 Å². The molecule has 1 saturated heterocycles. The summed E-state index contributed by atoms with van der Waals surface area (Å²) in [5.74, 6) is 0.906. The summed E-state index contributed by atoms with van der Waals surface area (Å²) in [6, 6.07) is 0. The quantitative estimate of drug-likeness (QED) is 0.818. The van der Waals surface area contributed by atoms with E-state index in [0.717, 1.165) is 12.5 Å². The molecule has 2 N–H and O–H groups in total. The zero-order valence-electron chi connectivity index (χ0n) is 12.0. The van der Waals surface area contributed by atoms with Crippen molar-refractivity contribution < 1.29 is 0 Å². The van der Waals surface area contributed by atoms with Gasteiger partial charge in [0.05, 0.1) is 0 Å². The SMILES string of the molecule is CCC1CCCC(CN)(N2CCCC2(C)C)C1. The maximum atomic E-state index is 6.21. The molecule has 0 aromatic carbocycles. The van der Waals surface area contributed by atoms with E-state index in [1.807, 2.05) is 0 Å². The third kappa shape index (κ3) is 2.39. The lowest BCUT2D eigenvalue weighted by molar-refractivity contribution is -0.00810. The van der Waals surface area contributed by atoms with Gasteiger partial charge in [-0.3, -0.25) is 4.90 Å². The lowest BCUT2D eigenvalue weighted by Crippen LogP contribution is -2.60. The summed E-state index contributed by atoms with van der Waals surface area (Å²) in [6.45, 7) is 9.28. The Kier molecular flexibility index (Phi) is 3.84. The summed E-state index contributed by atoms with van der Waals surface area (Å²) >= 11 is 0. The van der Waals surface area contributed by atoms with Crippen LogP contribution in [0.15, 0.2) is 0 Å². The molecule has 2 nitrogen and oxygen atoms in total. The monoisotopic (exact) mass is 238 g/mol. The second-order valence-electron chi connectivity index (χ2n) is 6.87. The van der Waals surface area contributed by atoms with Gasteiger partial charge >= 0.3 is 0 Å². The van der Waals surface area contributed by atoms with Gasteiger partial charge in [-0.1, -0.05) is 26.2 Å². The highest BCUT2D eigenvalue weighted by Crippen LogP contribution is 2.44. The molecule has 0 aromatic heterocycles. The summed E-state index contributed by atoms with van der Waals surface area (Å²) in [4.78, 5) is 2.77. The number of hydrogen-bond donors (Lipinski definition) is 1. The zero-order chi connectivity index (χ0) is 12.5.